The van der Waals surface area contributed by atoms with Gasteiger partial charge in [0.1, 0.15) is 5.65 Å². The molecule has 4 aromatic rings. The highest BCUT2D eigenvalue weighted by Gasteiger charge is 2.30. The van der Waals surface area contributed by atoms with Gasteiger partial charge in [-0.2, -0.15) is 10.1 Å². The number of aromatic amines is 1. The van der Waals surface area contributed by atoms with E-state index in [9.17, 15) is 4.79 Å². The SMILES string of the molecule is O=C(C1CCC(Nc2ncc3c(-c4ccn5nccc5n4)c[nH]c3n2)CC1)N1CCCC1. The molecule has 0 atom stereocenters. The van der Waals surface area contributed by atoms with Crippen molar-refractivity contribution in [3.63, 3.8) is 0 Å². The van der Waals surface area contributed by atoms with Gasteiger partial charge in [0.05, 0.1) is 11.9 Å². The molecule has 2 N–H and O–H groups in total. The molecule has 5 heterocycles. The molecule has 1 aliphatic carbocycles. The smallest absolute Gasteiger partial charge is 0.225 e. The van der Waals surface area contributed by atoms with E-state index in [-0.39, 0.29) is 5.92 Å². The molecule has 2 fully saturated rings. The maximum absolute atomic E-state index is 12.7. The number of nitrogens with one attached hydrogen (secondary N) is 2. The standard InChI is InChI=1S/C23H26N8O/c32-22(30-10-1-2-11-30)15-3-5-16(6-4-15)27-23-25-14-18-17(13-24-21(18)29-23)19-8-12-31-20(28-19)7-9-26-31/h7-9,12-16H,1-6,10-11H2,(H2,24,25,27,29). The third-order valence-electron chi connectivity index (χ3n) is 6.79. The summed E-state index contributed by atoms with van der Waals surface area (Å²) in [6, 6.07) is 4.12. The van der Waals surface area contributed by atoms with Crippen LogP contribution in [0.4, 0.5) is 5.95 Å². The summed E-state index contributed by atoms with van der Waals surface area (Å²) >= 11 is 0. The molecule has 4 aromatic heterocycles. The van der Waals surface area contributed by atoms with Gasteiger partial charge in [0.2, 0.25) is 11.9 Å². The van der Waals surface area contributed by atoms with E-state index in [0.717, 1.165) is 79.6 Å². The van der Waals surface area contributed by atoms with Crippen LogP contribution < -0.4 is 5.32 Å². The van der Waals surface area contributed by atoms with Crippen LogP contribution in [0, 0.1) is 5.92 Å². The Hall–Kier alpha value is -3.49. The van der Waals surface area contributed by atoms with Gasteiger partial charge in [-0.3, -0.25) is 4.79 Å². The van der Waals surface area contributed by atoms with E-state index in [1.165, 1.54) is 0 Å². The van der Waals surface area contributed by atoms with Gasteiger partial charge in [0, 0.05) is 60.7 Å². The van der Waals surface area contributed by atoms with Crippen LogP contribution in [0.25, 0.3) is 27.9 Å². The first-order valence-electron chi connectivity index (χ1n) is 11.4. The highest BCUT2D eigenvalue weighted by atomic mass is 16.2. The molecule has 0 spiro atoms. The van der Waals surface area contributed by atoms with E-state index >= 15 is 0 Å². The molecule has 32 heavy (non-hydrogen) atoms. The second kappa shape index (κ2) is 7.89. The lowest BCUT2D eigenvalue weighted by Gasteiger charge is -2.30. The minimum absolute atomic E-state index is 0.182. The molecule has 0 unspecified atom stereocenters. The topological polar surface area (TPSA) is 104 Å². The van der Waals surface area contributed by atoms with E-state index in [0.29, 0.717) is 17.9 Å². The van der Waals surface area contributed by atoms with Gasteiger partial charge in [0.25, 0.3) is 0 Å². The summed E-state index contributed by atoms with van der Waals surface area (Å²) in [5.41, 5.74) is 3.41. The Balaban J connectivity index is 1.14. The van der Waals surface area contributed by atoms with Crippen molar-refractivity contribution in [1.82, 2.24) is 34.4 Å². The van der Waals surface area contributed by atoms with Gasteiger partial charge in [-0.05, 0) is 44.6 Å². The van der Waals surface area contributed by atoms with E-state index < -0.39 is 0 Å². The van der Waals surface area contributed by atoms with Crippen LogP contribution in [0.3, 0.4) is 0 Å². The minimum Gasteiger partial charge on any atom is -0.351 e. The molecule has 9 nitrogen and oxygen atoms in total. The van der Waals surface area contributed by atoms with E-state index in [2.05, 4.69) is 35.3 Å². The summed E-state index contributed by atoms with van der Waals surface area (Å²) in [4.78, 5) is 31.9. The van der Waals surface area contributed by atoms with Crippen LogP contribution in [0.1, 0.15) is 38.5 Å². The fraction of sp³-hybridized carbons (Fsp3) is 0.435. The Labute approximate surface area is 185 Å². The van der Waals surface area contributed by atoms with Crippen molar-refractivity contribution in [3.8, 4) is 11.3 Å². The number of nitrogens with zero attached hydrogens (tertiary/aromatic N) is 6. The average molecular weight is 431 g/mol. The van der Waals surface area contributed by atoms with Crippen LogP contribution in [0.15, 0.2) is 36.9 Å². The fourth-order valence-corrected chi connectivity index (χ4v) is 5.01. The largest absolute Gasteiger partial charge is 0.351 e. The Morgan fingerprint density at radius 3 is 2.78 bits per heavy atom. The van der Waals surface area contributed by atoms with Gasteiger partial charge >= 0.3 is 0 Å². The first kappa shape index (κ1) is 19.2. The normalized spacial score (nSPS) is 21.4. The molecule has 2 aliphatic rings. The summed E-state index contributed by atoms with van der Waals surface area (Å²) in [5, 5.41) is 8.61. The third-order valence-corrected chi connectivity index (χ3v) is 6.79. The second-order valence-electron chi connectivity index (χ2n) is 8.83. The zero-order valence-corrected chi connectivity index (χ0v) is 17.9. The van der Waals surface area contributed by atoms with Crippen LogP contribution in [-0.4, -0.2) is 59.5 Å². The molecular weight excluding hydrogens is 404 g/mol. The highest BCUT2D eigenvalue weighted by Crippen LogP contribution is 2.30. The molecule has 9 heteroatoms. The molecule has 0 radical (unpaired) electrons. The molecule has 164 valence electrons. The van der Waals surface area contributed by atoms with Crippen molar-refractivity contribution in [3.05, 3.63) is 36.9 Å². The lowest BCUT2D eigenvalue weighted by atomic mass is 9.85. The number of rotatable bonds is 4. The van der Waals surface area contributed by atoms with Gasteiger partial charge in [-0.1, -0.05) is 0 Å². The second-order valence-corrected chi connectivity index (χ2v) is 8.83. The maximum atomic E-state index is 12.7. The number of hydrogen-bond acceptors (Lipinski definition) is 6. The predicted octanol–water partition coefficient (Wildman–Crippen LogP) is 3.26. The molecule has 1 saturated heterocycles. The molecule has 0 bridgehead atoms. The van der Waals surface area contributed by atoms with Gasteiger partial charge in [-0.25, -0.2) is 14.5 Å². The Morgan fingerprint density at radius 1 is 1.09 bits per heavy atom. The number of anilines is 1. The molecule has 1 aliphatic heterocycles. The van der Waals surface area contributed by atoms with Crippen LogP contribution in [-0.2, 0) is 4.79 Å². The number of carbonyl (C=O) groups excluding carboxylic acids is 1. The molecule has 1 amide bonds. The van der Waals surface area contributed by atoms with Crippen LogP contribution in [0.5, 0.6) is 0 Å². The Kier molecular flexibility index (Phi) is 4.74. The minimum atomic E-state index is 0.182. The number of aromatic nitrogens is 6. The van der Waals surface area contributed by atoms with Crippen molar-refractivity contribution in [2.24, 2.45) is 5.92 Å². The van der Waals surface area contributed by atoms with Crippen molar-refractivity contribution in [1.29, 1.82) is 0 Å². The Bertz CT molecular complexity index is 1260. The lowest BCUT2D eigenvalue weighted by molar-refractivity contribution is -0.135. The van der Waals surface area contributed by atoms with Gasteiger partial charge in [-0.15, -0.1) is 0 Å². The summed E-state index contributed by atoms with van der Waals surface area (Å²) in [7, 11) is 0. The number of fused-ring (bicyclic) bond motifs is 2. The molecule has 6 rings (SSSR count). The average Bonchev–Trinajstić information content (AvgIpc) is 3.59. The summed E-state index contributed by atoms with van der Waals surface area (Å²) in [5.74, 6) is 1.17. The first-order chi connectivity index (χ1) is 15.7. The number of H-pyrrole nitrogens is 1. The first-order valence-corrected chi connectivity index (χ1v) is 11.4. The monoisotopic (exact) mass is 430 g/mol. The summed E-state index contributed by atoms with van der Waals surface area (Å²) in [6.07, 6.45) is 13.5. The van der Waals surface area contributed by atoms with Crippen LogP contribution in [0.2, 0.25) is 0 Å². The summed E-state index contributed by atoms with van der Waals surface area (Å²) in [6.45, 7) is 1.88. The van der Waals surface area contributed by atoms with Crippen molar-refractivity contribution in [2.45, 2.75) is 44.6 Å². The highest BCUT2D eigenvalue weighted by molar-refractivity contribution is 5.92. The number of hydrogen-bond donors (Lipinski definition) is 2. The van der Waals surface area contributed by atoms with E-state index in [4.69, 9.17) is 0 Å². The maximum Gasteiger partial charge on any atom is 0.225 e. The predicted molar refractivity (Wildman–Crippen MR) is 121 cm³/mol. The van der Waals surface area contributed by atoms with Gasteiger partial charge in [0.15, 0.2) is 5.65 Å². The molecule has 1 saturated carbocycles. The third kappa shape index (κ3) is 3.47. The number of amides is 1. The fourth-order valence-electron chi connectivity index (χ4n) is 5.01. The zero-order valence-electron chi connectivity index (χ0n) is 17.9. The van der Waals surface area contributed by atoms with Crippen molar-refractivity contribution >= 4 is 28.5 Å². The summed E-state index contributed by atoms with van der Waals surface area (Å²) < 4.78 is 1.74. The van der Waals surface area contributed by atoms with Crippen molar-refractivity contribution in [2.75, 3.05) is 18.4 Å². The van der Waals surface area contributed by atoms with Gasteiger partial charge < -0.3 is 15.2 Å². The zero-order chi connectivity index (χ0) is 21.5. The van der Waals surface area contributed by atoms with E-state index in [1.54, 1.807) is 10.7 Å². The van der Waals surface area contributed by atoms with E-state index in [1.807, 2.05) is 30.7 Å². The van der Waals surface area contributed by atoms with Crippen molar-refractivity contribution < 1.29 is 4.79 Å². The lowest BCUT2D eigenvalue weighted by Crippen LogP contribution is -2.37. The number of likely N-dealkylation sites (tertiary alicyclic amines) is 1. The quantitative estimate of drug-likeness (QED) is 0.515. The molecular formula is C23H26N8O. The van der Waals surface area contributed by atoms with Crippen LogP contribution >= 0.6 is 0 Å². The molecule has 0 aromatic carbocycles. The Morgan fingerprint density at radius 2 is 1.94 bits per heavy atom. The number of carbonyl (C=O) groups is 1.